The van der Waals surface area contributed by atoms with Gasteiger partial charge < -0.3 is 4.90 Å². The van der Waals surface area contributed by atoms with Gasteiger partial charge in [0.1, 0.15) is 0 Å². The molecule has 1 aliphatic heterocycles. The number of hydrogen-bond acceptors (Lipinski definition) is 1. The predicted molar refractivity (Wildman–Crippen MR) is 344 cm³/mol. The average Bonchev–Trinajstić information content (AvgIpc) is 3.21. The molecule has 1 unspecified atom stereocenters. The third-order valence-electron chi connectivity index (χ3n) is 18.3. The molecule has 0 saturated carbocycles. The molecule has 2 aliphatic carbocycles. The molecule has 1 heterocycles. The quantitative estimate of drug-likeness (QED) is 0.123. The largest absolute Gasteiger partial charge is 0.310 e. The number of nitrogens with zero attached hydrogens (tertiary/aromatic N) is 1. The summed E-state index contributed by atoms with van der Waals surface area (Å²) in [7, 11) is -3.04. The smallest absolute Gasteiger partial charge is 0.180 e. The Bertz CT molecular complexity index is 4300. The normalized spacial score (nSPS) is 15.3. The molecule has 13 aromatic rings. The van der Waals surface area contributed by atoms with Crippen molar-refractivity contribution in [3.05, 3.63) is 378 Å². The van der Waals surface area contributed by atoms with Gasteiger partial charge in [-0.3, -0.25) is 0 Å². The van der Waals surface area contributed by atoms with Gasteiger partial charge in [-0.25, -0.2) is 0 Å². The van der Waals surface area contributed by atoms with Crippen molar-refractivity contribution in [1.29, 1.82) is 0 Å². The Hall–Kier alpha value is -10.1. The van der Waals surface area contributed by atoms with Crippen LogP contribution in [0.25, 0.3) is 44.5 Å². The van der Waals surface area contributed by atoms with Crippen molar-refractivity contribution in [3.63, 3.8) is 0 Å². The van der Waals surface area contributed by atoms with E-state index in [0.717, 1.165) is 17.1 Å². The third kappa shape index (κ3) is 6.79. The Morgan fingerprint density at radius 1 is 0.232 bits per heavy atom. The van der Waals surface area contributed by atoms with Crippen molar-refractivity contribution in [1.82, 2.24) is 0 Å². The summed E-state index contributed by atoms with van der Waals surface area (Å²) in [6.45, 7) is 0. The number of benzene rings is 13. The Morgan fingerprint density at radius 2 is 0.598 bits per heavy atom. The van der Waals surface area contributed by atoms with E-state index >= 15 is 0 Å². The first-order valence-corrected chi connectivity index (χ1v) is 30.7. The van der Waals surface area contributed by atoms with E-state index in [0.29, 0.717) is 0 Å². The van der Waals surface area contributed by atoms with Crippen LogP contribution in [0.1, 0.15) is 44.5 Å². The molecule has 0 saturated heterocycles. The van der Waals surface area contributed by atoms with E-state index in [2.05, 4.69) is 339 Å². The molecular formula is C80H55NSi. The first-order valence-electron chi connectivity index (χ1n) is 28.7. The summed E-state index contributed by atoms with van der Waals surface area (Å²) >= 11 is 0. The van der Waals surface area contributed by atoms with Crippen LogP contribution in [-0.2, 0) is 10.8 Å². The van der Waals surface area contributed by atoms with Crippen LogP contribution in [0.2, 0.25) is 0 Å². The Morgan fingerprint density at radius 3 is 1.11 bits per heavy atom. The number of fused-ring (bicyclic) bond motifs is 9. The molecule has 0 radical (unpaired) electrons. The van der Waals surface area contributed by atoms with Gasteiger partial charge in [0.2, 0.25) is 0 Å². The first-order chi connectivity index (χ1) is 40.7. The first kappa shape index (κ1) is 47.8. The van der Waals surface area contributed by atoms with Crippen molar-refractivity contribution in [3.8, 4) is 44.5 Å². The highest BCUT2D eigenvalue weighted by Crippen LogP contribution is 2.59. The molecule has 82 heavy (non-hydrogen) atoms. The molecule has 384 valence electrons. The zero-order chi connectivity index (χ0) is 54.2. The summed E-state index contributed by atoms with van der Waals surface area (Å²) < 4.78 is 0. The second kappa shape index (κ2) is 19.0. The van der Waals surface area contributed by atoms with E-state index in [1.54, 1.807) is 0 Å². The highest BCUT2D eigenvalue weighted by Gasteiger charge is 2.51. The standard InChI is InChI=1S/C80H55NSi/c1-7-27-56(28-8-1)66-44-26-48-77-78(66)71-43-21-24-47-76(71)82(77,64-38-17-6-18-39-64)65-40-25-37-61(53-65)81(62-49-51-69-67-41-19-22-45-72(67)79(74(69)54-62,57-29-9-2-10-30-57)58-31-11-3-12-32-58)63-50-52-70-68-42-20-23-46-73(68)80(75(70)55-63,59-33-13-4-14-34-59)60-35-15-5-16-36-60/h1-55H. The van der Waals surface area contributed by atoms with Crippen molar-refractivity contribution >= 4 is 45.9 Å². The minimum Gasteiger partial charge on any atom is -0.310 e. The van der Waals surface area contributed by atoms with Crippen LogP contribution in [0, 0.1) is 0 Å². The molecule has 0 bridgehead atoms. The molecule has 1 nitrogen and oxygen atoms in total. The molecule has 0 spiro atoms. The number of hydrogen-bond donors (Lipinski definition) is 0. The van der Waals surface area contributed by atoms with Gasteiger partial charge >= 0.3 is 0 Å². The van der Waals surface area contributed by atoms with Gasteiger partial charge in [-0.05, 0) is 146 Å². The number of anilines is 3. The lowest BCUT2D eigenvalue weighted by Gasteiger charge is -2.36. The lowest BCUT2D eigenvalue weighted by Crippen LogP contribution is -2.72. The van der Waals surface area contributed by atoms with Crippen LogP contribution >= 0.6 is 0 Å². The van der Waals surface area contributed by atoms with E-state index in [-0.39, 0.29) is 0 Å². The minimum absolute atomic E-state index is 0.592. The summed E-state index contributed by atoms with van der Waals surface area (Å²) in [5, 5.41) is 5.54. The second-order valence-corrected chi connectivity index (χ2v) is 25.9. The summed E-state index contributed by atoms with van der Waals surface area (Å²) in [4.78, 5) is 2.58. The zero-order valence-electron chi connectivity index (χ0n) is 45.2. The van der Waals surface area contributed by atoms with Gasteiger partial charge in [0, 0.05) is 17.1 Å². The summed E-state index contributed by atoms with van der Waals surface area (Å²) in [5.74, 6) is 0. The molecule has 0 amide bonds. The molecule has 0 aromatic heterocycles. The van der Waals surface area contributed by atoms with Crippen molar-refractivity contribution in [2.45, 2.75) is 10.8 Å². The maximum absolute atomic E-state index is 3.04. The average molecular weight is 1060 g/mol. The highest BCUT2D eigenvalue weighted by atomic mass is 28.3. The topological polar surface area (TPSA) is 3.24 Å². The molecule has 13 aromatic carbocycles. The Balaban J connectivity index is 0.995. The van der Waals surface area contributed by atoms with Crippen LogP contribution in [0.4, 0.5) is 17.1 Å². The van der Waals surface area contributed by atoms with Gasteiger partial charge in [-0.2, -0.15) is 0 Å². The Labute approximate surface area is 481 Å². The molecule has 0 N–H and O–H groups in total. The molecule has 0 fully saturated rings. The lowest BCUT2D eigenvalue weighted by atomic mass is 9.67. The van der Waals surface area contributed by atoms with Gasteiger partial charge in [-0.1, -0.05) is 297 Å². The van der Waals surface area contributed by atoms with Crippen molar-refractivity contribution in [2.24, 2.45) is 0 Å². The van der Waals surface area contributed by atoms with Gasteiger partial charge in [0.05, 0.1) is 10.8 Å². The monoisotopic (exact) mass is 1060 g/mol. The van der Waals surface area contributed by atoms with Crippen molar-refractivity contribution < 1.29 is 0 Å². The molecule has 2 heteroatoms. The number of rotatable bonds is 10. The fourth-order valence-electron chi connectivity index (χ4n) is 15.1. The maximum Gasteiger partial charge on any atom is 0.180 e. The summed E-state index contributed by atoms with van der Waals surface area (Å²) in [5.41, 5.74) is 22.4. The van der Waals surface area contributed by atoms with E-state index in [1.807, 2.05) is 0 Å². The van der Waals surface area contributed by atoms with Crippen LogP contribution in [0.15, 0.2) is 334 Å². The SMILES string of the molecule is c1ccc(-c2cccc3c2-c2ccccc2[Si]3(c2ccccc2)c2cccc(N(c3ccc4c(c3)C(c3ccccc3)(c3ccccc3)c3ccccc3-4)c3ccc4c(c3)C(c3ccccc3)(c3ccccc3)c3ccccc3-4)c2)cc1. The van der Waals surface area contributed by atoms with Gasteiger partial charge in [-0.15, -0.1) is 0 Å². The van der Waals surface area contributed by atoms with Crippen molar-refractivity contribution in [2.75, 3.05) is 4.90 Å². The summed E-state index contributed by atoms with van der Waals surface area (Å²) in [6.07, 6.45) is 0. The van der Waals surface area contributed by atoms with E-state index in [9.17, 15) is 0 Å². The highest BCUT2D eigenvalue weighted by molar-refractivity contribution is 7.22. The maximum atomic E-state index is 2.58. The zero-order valence-corrected chi connectivity index (χ0v) is 46.2. The fourth-order valence-corrected chi connectivity index (χ4v) is 20.4. The van der Waals surface area contributed by atoms with Crippen LogP contribution < -0.4 is 25.6 Å². The van der Waals surface area contributed by atoms with Crippen LogP contribution in [0.3, 0.4) is 0 Å². The van der Waals surface area contributed by atoms with Gasteiger partial charge in [0.25, 0.3) is 0 Å². The van der Waals surface area contributed by atoms with E-state index < -0.39 is 18.9 Å². The Kier molecular flexibility index (Phi) is 11.1. The molecule has 3 aliphatic rings. The molecule has 16 rings (SSSR count). The van der Waals surface area contributed by atoms with E-state index in [4.69, 9.17) is 0 Å². The van der Waals surface area contributed by atoms with Crippen LogP contribution in [-0.4, -0.2) is 8.07 Å². The van der Waals surface area contributed by atoms with E-state index in [1.165, 1.54) is 110 Å². The molecular weight excluding hydrogens is 1000 g/mol. The predicted octanol–water partition coefficient (Wildman–Crippen LogP) is 16.9. The minimum atomic E-state index is -3.04. The lowest BCUT2D eigenvalue weighted by molar-refractivity contribution is 0.767. The van der Waals surface area contributed by atoms with Gasteiger partial charge in [0.15, 0.2) is 8.07 Å². The fraction of sp³-hybridized carbons (Fsp3) is 0.0250. The van der Waals surface area contributed by atoms with Crippen LogP contribution in [0.5, 0.6) is 0 Å². The molecule has 1 atom stereocenters. The summed E-state index contributed by atoms with van der Waals surface area (Å²) in [6, 6.07) is 126. The second-order valence-electron chi connectivity index (χ2n) is 22.2. The third-order valence-corrected chi connectivity index (χ3v) is 23.1.